The van der Waals surface area contributed by atoms with E-state index < -0.39 is 0 Å². The number of ether oxygens (including phenoxy) is 1. The SMILES string of the molecule is COc1ccc2c(=O)cc(C(=O)N3CCN(Cc4ccc(Cl)cc4)CC3)oc2c1. The predicted octanol–water partition coefficient (Wildman–Crippen LogP) is 3.41. The maximum absolute atomic E-state index is 12.9. The number of hydrogen-bond acceptors (Lipinski definition) is 5. The van der Waals surface area contributed by atoms with Crippen molar-refractivity contribution < 1.29 is 13.9 Å². The Hall–Kier alpha value is -2.83. The van der Waals surface area contributed by atoms with Crippen LogP contribution in [0.5, 0.6) is 5.75 Å². The smallest absolute Gasteiger partial charge is 0.289 e. The molecule has 2 aromatic carbocycles. The molecule has 0 bridgehead atoms. The van der Waals surface area contributed by atoms with Crippen molar-refractivity contribution in [3.63, 3.8) is 0 Å². The zero-order valence-corrected chi connectivity index (χ0v) is 16.8. The van der Waals surface area contributed by atoms with Crippen molar-refractivity contribution >= 4 is 28.5 Å². The molecular weight excluding hydrogens is 392 g/mol. The van der Waals surface area contributed by atoms with Crippen molar-refractivity contribution in [3.05, 3.63) is 75.1 Å². The fourth-order valence-corrected chi connectivity index (χ4v) is 3.61. The van der Waals surface area contributed by atoms with Gasteiger partial charge in [0.1, 0.15) is 11.3 Å². The van der Waals surface area contributed by atoms with Crippen LogP contribution >= 0.6 is 11.6 Å². The van der Waals surface area contributed by atoms with Crippen molar-refractivity contribution in [2.24, 2.45) is 0 Å². The molecule has 0 atom stereocenters. The van der Waals surface area contributed by atoms with E-state index in [2.05, 4.69) is 4.90 Å². The average Bonchev–Trinajstić information content (AvgIpc) is 2.75. The molecule has 7 heteroatoms. The Morgan fingerprint density at radius 2 is 1.79 bits per heavy atom. The molecular formula is C22H21ClN2O4. The molecule has 150 valence electrons. The van der Waals surface area contributed by atoms with Crippen molar-refractivity contribution in [2.45, 2.75) is 6.54 Å². The van der Waals surface area contributed by atoms with Gasteiger partial charge in [-0.1, -0.05) is 23.7 Å². The number of fused-ring (bicyclic) bond motifs is 1. The first-order valence-corrected chi connectivity index (χ1v) is 9.79. The monoisotopic (exact) mass is 412 g/mol. The van der Waals surface area contributed by atoms with Gasteiger partial charge in [-0.15, -0.1) is 0 Å². The summed E-state index contributed by atoms with van der Waals surface area (Å²) in [5.74, 6) is 0.362. The van der Waals surface area contributed by atoms with E-state index >= 15 is 0 Å². The molecule has 1 fully saturated rings. The van der Waals surface area contributed by atoms with Gasteiger partial charge in [-0.25, -0.2) is 0 Å². The van der Waals surface area contributed by atoms with E-state index in [1.165, 1.54) is 18.7 Å². The number of benzene rings is 2. The van der Waals surface area contributed by atoms with Gasteiger partial charge in [0.25, 0.3) is 5.91 Å². The molecule has 2 heterocycles. The molecule has 0 radical (unpaired) electrons. The number of carbonyl (C=O) groups is 1. The third kappa shape index (κ3) is 4.28. The van der Waals surface area contributed by atoms with Gasteiger partial charge in [-0.2, -0.15) is 0 Å². The average molecular weight is 413 g/mol. The zero-order chi connectivity index (χ0) is 20.4. The van der Waals surface area contributed by atoms with Gasteiger partial charge in [-0.05, 0) is 29.8 Å². The van der Waals surface area contributed by atoms with Gasteiger partial charge < -0.3 is 14.1 Å². The van der Waals surface area contributed by atoms with Gasteiger partial charge in [0.15, 0.2) is 11.2 Å². The number of methoxy groups -OCH3 is 1. The molecule has 3 aromatic rings. The quantitative estimate of drug-likeness (QED) is 0.657. The van der Waals surface area contributed by atoms with Crippen LogP contribution in [0, 0.1) is 0 Å². The Labute approximate surface area is 173 Å². The summed E-state index contributed by atoms with van der Waals surface area (Å²) in [5.41, 5.74) is 1.30. The molecule has 0 saturated carbocycles. The van der Waals surface area contributed by atoms with Crippen LogP contribution in [-0.2, 0) is 6.54 Å². The molecule has 1 amide bonds. The van der Waals surface area contributed by atoms with Crippen LogP contribution in [-0.4, -0.2) is 49.0 Å². The van der Waals surface area contributed by atoms with Crippen LogP contribution < -0.4 is 10.2 Å². The molecule has 1 saturated heterocycles. The van der Waals surface area contributed by atoms with E-state index in [9.17, 15) is 9.59 Å². The summed E-state index contributed by atoms with van der Waals surface area (Å²) in [6.45, 7) is 3.46. The number of piperazine rings is 1. The molecule has 6 nitrogen and oxygen atoms in total. The summed E-state index contributed by atoms with van der Waals surface area (Å²) in [7, 11) is 1.54. The second-order valence-corrected chi connectivity index (χ2v) is 7.47. The second-order valence-electron chi connectivity index (χ2n) is 7.03. The summed E-state index contributed by atoms with van der Waals surface area (Å²) in [6.07, 6.45) is 0. The van der Waals surface area contributed by atoms with Crippen molar-refractivity contribution in [1.82, 2.24) is 9.80 Å². The largest absolute Gasteiger partial charge is 0.497 e. The summed E-state index contributed by atoms with van der Waals surface area (Å²) < 4.78 is 10.9. The van der Waals surface area contributed by atoms with Crippen LogP contribution in [0.1, 0.15) is 16.1 Å². The first-order valence-electron chi connectivity index (χ1n) is 9.41. The van der Waals surface area contributed by atoms with Crippen LogP contribution in [0.25, 0.3) is 11.0 Å². The van der Waals surface area contributed by atoms with E-state index in [4.69, 9.17) is 20.8 Å². The van der Waals surface area contributed by atoms with E-state index in [1.807, 2.05) is 24.3 Å². The third-order valence-corrected chi connectivity index (χ3v) is 5.38. The van der Waals surface area contributed by atoms with Gasteiger partial charge in [-0.3, -0.25) is 14.5 Å². The summed E-state index contributed by atoms with van der Waals surface area (Å²) in [5, 5.41) is 1.15. The number of rotatable bonds is 4. The Bertz CT molecular complexity index is 1090. The normalized spacial score (nSPS) is 14.9. The summed E-state index contributed by atoms with van der Waals surface area (Å²) >= 11 is 5.94. The van der Waals surface area contributed by atoms with Crippen molar-refractivity contribution in [2.75, 3.05) is 33.3 Å². The summed E-state index contributed by atoms with van der Waals surface area (Å²) in [4.78, 5) is 29.3. The standard InChI is InChI=1S/C22H21ClN2O4/c1-28-17-6-7-18-19(26)13-21(29-20(18)12-17)22(27)25-10-8-24(9-11-25)14-15-2-4-16(23)5-3-15/h2-7,12-13H,8-11,14H2,1H3. The topological polar surface area (TPSA) is 63.0 Å². The Morgan fingerprint density at radius 3 is 2.48 bits per heavy atom. The number of halogens is 1. The lowest BCUT2D eigenvalue weighted by molar-refractivity contribution is 0.0598. The third-order valence-electron chi connectivity index (χ3n) is 5.13. The van der Waals surface area contributed by atoms with Gasteiger partial charge in [0.05, 0.1) is 12.5 Å². The lowest BCUT2D eigenvalue weighted by atomic mass is 10.2. The van der Waals surface area contributed by atoms with Gasteiger partial charge >= 0.3 is 0 Å². The molecule has 1 aromatic heterocycles. The molecule has 0 spiro atoms. The fourth-order valence-electron chi connectivity index (χ4n) is 3.48. The van der Waals surface area contributed by atoms with Crippen molar-refractivity contribution in [3.8, 4) is 5.75 Å². The summed E-state index contributed by atoms with van der Waals surface area (Å²) in [6, 6.07) is 14.0. The molecule has 0 N–H and O–H groups in total. The lowest BCUT2D eigenvalue weighted by Crippen LogP contribution is -2.48. The highest BCUT2D eigenvalue weighted by Gasteiger charge is 2.24. The second kappa shape index (κ2) is 8.27. The number of nitrogens with zero attached hydrogens (tertiary/aromatic N) is 2. The van der Waals surface area contributed by atoms with Crippen LogP contribution in [0.15, 0.2) is 57.7 Å². The highest BCUT2D eigenvalue weighted by Crippen LogP contribution is 2.20. The lowest BCUT2D eigenvalue weighted by Gasteiger charge is -2.34. The molecule has 1 aliphatic heterocycles. The van der Waals surface area contributed by atoms with Gasteiger partial charge in [0, 0.05) is 49.9 Å². The Kier molecular flexibility index (Phi) is 5.56. The first kappa shape index (κ1) is 19.5. The molecule has 0 aliphatic carbocycles. The highest BCUT2D eigenvalue weighted by atomic mass is 35.5. The molecule has 0 unspecified atom stereocenters. The number of carbonyl (C=O) groups excluding carboxylic acids is 1. The van der Waals surface area contributed by atoms with E-state index in [-0.39, 0.29) is 17.1 Å². The maximum Gasteiger partial charge on any atom is 0.289 e. The molecule has 1 aliphatic rings. The van der Waals surface area contributed by atoms with E-state index in [0.29, 0.717) is 29.8 Å². The number of hydrogen-bond donors (Lipinski definition) is 0. The number of amides is 1. The Balaban J connectivity index is 1.45. The highest BCUT2D eigenvalue weighted by molar-refractivity contribution is 6.30. The first-order chi connectivity index (χ1) is 14.0. The van der Waals surface area contributed by atoms with Crippen LogP contribution in [0.4, 0.5) is 0 Å². The van der Waals surface area contributed by atoms with Crippen molar-refractivity contribution in [1.29, 1.82) is 0 Å². The minimum atomic E-state index is -0.266. The van der Waals surface area contributed by atoms with Gasteiger partial charge in [0.2, 0.25) is 0 Å². The van der Waals surface area contributed by atoms with Crippen LogP contribution in [0.2, 0.25) is 5.02 Å². The van der Waals surface area contributed by atoms with Crippen LogP contribution in [0.3, 0.4) is 0 Å². The van der Waals surface area contributed by atoms with E-state index in [1.54, 1.807) is 23.1 Å². The fraction of sp³-hybridized carbons (Fsp3) is 0.273. The van der Waals surface area contributed by atoms with E-state index in [0.717, 1.165) is 24.7 Å². The maximum atomic E-state index is 12.9. The minimum absolute atomic E-state index is 0.0573. The molecule has 4 rings (SSSR count). The minimum Gasteiger partial charge on any atom is -0.497 e. The predicted molar refractivity (Wildman–Crippen MR) is 112 cm³/mol. The zero-order valence-electron chi connectivity index (χ0n) is 16.1. The Morgan fingerprint density at radius 1 is 1.07 bits per heavy atom. The molecule has 29 heavy (non-hydrogen) atoms.